The fraction of sp³-hybridized carbons (Fsp3) is 0.263. The fourth-order valence-electron chi connectivity index (χ4n) is 2.79. The minimum Gasteiger partial charge on any atom is -0.376 e. The molecule has 2 heterocycles. The third-order valence-electron chi connectivity index (χ3n) is 3.99. The maximum Gasteiger partial charge on any atom is 0.259 e. The standard InChI is InChI=1S/C19H21N5OS/c1-11-17-12(2)21-14(4)22-19(17)26-18(11)13(3)23-24-16(25)10-20-15-8-6-5-7-9-15/h5-9,20H,10H2,1-4H3,(H,24,25)/b23-13+. The Morgan fingerprint density at radius 3 is 2.62 bits per heavy atom. The molecule has 0 unspecified atom stereocenters. The Morgan fingerprint density at radius 1 is 1.15 bits per heavy atom. The summed E-state index contributed by atoms with van der Waals surface area (Å²) in [6.45, 7) is 7.97. The Hall–Kier alpha value is -2.80. The van der Waals surface area contributed by atoms with Crippen LogP contribution in [0, 0.1) is 20.8 Å². The average molecular weight is 367 g/mol. The third-order valence-corrected chi connectivity index (χ3v) is 5.28. The normalized spacial score (nSPS) is 11.6. The summed E-state index contributed by atoms with van der Waals surface area (Å²) < 4.78 is 0. The molecule has 0 radical (unpaired) electrons. The van der Waals surface area contributed by atoms with Crippen LogP contribution in [0.2, 0.25) is 0 Å². The van der Waals surface area contributed by atoms with Crippen molar-refractivity contribution in [1.29, 1.82) is 0 Å². The number of hydrogen-bond donors (Lipinski definition) is 2. The smallest absolute Gasteiger partial charge is 0.259 e. The number of aromatic nitrogens is 2. The van der Waals surface area contributed by atoms with Gasteiger partial charge in [0, 0.05) is 16.8 Å². The number of rotatable bonds is 5. The first-order valence-corrected chi connectivity index (χ1v) is 9.14. The van der Waals surface area contributed by atoms with E-state index in [9.17, 15) is 4.79 Å². The van der Waals surface area contributed by atoms with Gasteiger partial charge in [0.2, 0.25) is 0 Å². The van der Waals surface area contributed by atoms with Crippen LogP contribution in [0.5, 0.6) is 0 Å². The summed E-state index contributed by atoms with van der Waals surface area (Å²) in [6.07, 6.45) is 0. The van der Waals surface area contributed by atoms with Crippen molar-refractivity contribution >= 4 is 38.9 Å². The number of amides is 1. The van der Waals surface area contributed by atoms with Crippen molar-refractivity contribution in [3.05, 3.63) is 52.3 Å². The quantitative estimate of drug-likeness (QED) is 0.534. The zero-order valence-electron chi connectivity index (χ0n) is 15.3. The molecular formula is C19H21N5OS. The topological polar surface area (TPSA) is 79.3 Å². The number of anilines is 1. The Bertz CT molecular complexity index is 979. The van der Waals surface area contributed by atoms with E-state index in [4.69, 9.17) is 0 Å². The lowest BCUT2D eigenvalue weighted by molar-refractivity contribution is -0.119. The molecule has 0 aliphatic rings. The number of hydrazone groups is 1. The number of benzene rings is 1. The largest absolute Gasteiger partial charge is 0.376 e. The van der Waals surface area contributed by atoms with E-state index in [1.54, 1.807) is 11.3 Å². The number of carbonyl (C=O) groups excluding carboxylic acids is 1. The molecule has 1 aromatic carbocycles. The van der Waals surface area contributed by atoms with Gasteiger partial charge in [0.1, 0.15) is 10.7 Å². The molecule has 0 aliphatic carbocycles. The lowest BCUT2D eigenvalue weighted by Gasteiger charge is -2.05. The summed E-state index contributed by atoms with van der Waals surface area (Å²) >= 11 is 1.57. The maximum atomic E-state index is 12.0. The molecule has 1 amide bonds. The molecule has 3 rings (SSSR count). The molecular weight excluding hydrogens is 346 g/mol. The maximum absolute atomic E-state index is 12.0. The Morgan fingerprint density at radius 2 is 1.88 bits per heavy atom. The van der Waals surface area contributed by atoms with Crippen LogP contribution in [0.3, 0.4) is 0 Å². The van der Waals surface area contributed by atoms with Gasteiger partial charge in [-0.1, -0.05) is 18.2 Å². The van der Waals surface area contributed by atoms with E-state index < -0.39 is 0 Å². The number of carbonyl (C=O) groups is 1. The number of hydrogen-bond acceptors (Lipinski definition) is 6. The van der Waals surface area contributed by atoms with E-state index in [1.807, 2.05) is 58.0 Å². The summed E-state index contributed by atoms with van der Waals surface area (Å²) in [5, 5.41) is 8.38. The van der Waals surface area contributed by atoms with E-state index in [2.05, 4.69) is 25.8 Å². The van der Waals surface area contributed by atoms with Gasteiger partial charge in [0.15, 0.2) is 0 Å². The van der Waals surface area contributed by atoms with Crippen molar-refractivity contribution in [1.82, 2.24) is 15.4 Å². The molecule has 0 spiro atoms. The summed E-state index contributed by atoms with van der Waals surface area (Å²) in [5.41, 5.74) is 6.33. The monoisotopic (exact) mass is 367 g/mol. The van der Waals surface area contributed by atoms with Gasteiger partial charge in [-0.3, -0.25) is 4.79 Å². The second-order valence-corrected chi connectivity index (χ2v) is 7.04. The van der Waals surface area contributed by atoms with Crippen LogP contribution in [-0.4, -0.2) is 28.1 Å². The molecule has 0 saturated heterocycles. The van der Waals surface area contributed by atoms with Crippen LogP contribution >= 0.6 is 11.3 Å². The molecule has 2 aromatic heterocycles. The summed E-state index contributed by atoms with van der Waals surface area (Å²) in [4.78, 5) is 22.9. The molecule has 0 atom stereocenters. The first kappa shape index (κ1) is 18.0. The molecule has 0 saturated carbocycles. The average Bonchev–Trinajstić information content (AvgIpc) is 2.95. The highest BCUT2D eigenvalue weighted by atomic mass is 32.1. The zero-order chi connectivity index (χ0) is 18.7. The molecule has 7 heteroatoms. The van der Waals surface area contributed by atoms with E-state index >= 15 is 0 Å². The van der Waals surface area contributed by atoms with Gasteiger partial charge in [-0.15, -0.1) is 11.3 Å². The van der Waals surface area contributed by atoms with Crippen molar-refractivity contribution in [2.45, 2.75) is 27.7 Å². The molecule has 0 bridgehead atoms. The van der Waals surface area contributed by atoms with Crippen molar-refractivity contribution in [2.24, 2.45) is 5.10 Å². The highest BCUT2D eigenvalue weighted by Gasteiger charge is 2.15. The van der Waals surface area contributed by atoms with Crippen LogP contribution in [0.15, 0.2) is 35.4 Å². The summed E-state index contributed by atoms with van der Waals surface area (Å²) in [7, 11) is 0. The Kier molecular flexibility index (Phi) is 5.27. The van der Waals surface area contributed by atoms with Gasteiger partial charge >= 0.3 is 0 Å². The van der Waals surface area contributed by atoms with Gasteiger partial charge in [-0.25, -0.2) is 15.4 Å². The minimum atomic E-state index is -0.196. The Balaban J connectivity index is 1.71. The highest BCUT2D eigenvalue weighted by Crippen LogP contribution is 2.31. The summed E-state index contributed by atoms with van der Waals surface area (Å²) in [5.74, 6) is 0.566. The third kappa shape index (κ3) is 3.88. The minimum absolute atomic E-state index is 0.163. The molecule has 2 N–H and O–H groups in total. The van der Waals surface area contributed by atoms with Crippen LogP contribution < -0.4 is 10.7 Å². The van der Waals surface area contributed by atoms with Crippen LogP contribution in [0.4, 0.5) is 5.69 Å². The van der Waals surface area contributed by atoms with Gasteiger partial charge in [0.25, 0.3) is 5.91 Å². The predicted molar refractivity (Wildman–Crippen MR) is 107 cm³/mol. The number of nitrogens with one attached hydrogen (secondary N) is 2. The first-order valence-electron chi connectivity index (χ1n) is 8.32. The lowest BCUT2D eigenvalue weighted by Crippen LogP contribution is -2.26. The second kappa shape index (κ2) is 7.61. The van der Waals surface area contributed by atoms with Crippen LogP contribution in [0.25, 0.3) is 10.2 Å². The highest BCUT2D eigenvalue weighted by molar-refractivity contribution is 7.20. The first-order chi connectivity index (χ1) is 12.5. The lowest BCUT2D eigenvalue weighted by atomic mass is 10.1. The van der Waals surface area contributed by atoms with Crippen molar-refractivity contribution in [2.75, 3.05) is 11.9 Å². The van der Waals surface area contributed by atoms with Crippen molar-refractivity contribution < 1.29 is 4.79 Å². The SMILES string of the molecule is C/C(=N\NC(=O)CNc1ccccc1)c1sc2nc(C)nc(C)c2c1C. The number of thiophene rings is 1. The van der Waals surface area contributed by atoms with Gasteiger partial charge < -0.3 is 5.32 Å². The second-order valence-electron chi connectivity index (χ2n) is 6.04. The fourth-order valence-corrected chi connectivity index (χ4v) is 4.02. The molecule has 3 aromatic rings. The van der Waals surface area contributed by atoms with E-state index in [0.717, 1.165) is 43.6 Å². The zero-order valence-corrected chi connectivity index (χ0v) is 16.1. The molecule has 0 aliphatic heterocycles. The number of aryl methyl sites for hydroxylation is 3. The van der Waals surface area contributed by atoms with Crippen molar-refractivity contribution in [3.63, 3.8) is 0 Å². The van der Waals surface area contributed by atoms with Gasteiger partial charge in [0.05, 0.1) is 17.1 Å². The van der Waals surface area contributed by atoms with Gasteiger partial charge in [-0.2, -0.15) is 5.10 Å². The number of para-hydroxylation sites is 1. The van der Waals surface area contributed by atoms with Gasteiger partial charge in [-0.05, 0) is 45.4 Å². The number of nitrogens with zero attached hydrogens (tertiary/aromatic N) is 3. The predicted octanol–water partition coefficient (Wildman–Crippen LogP) is 3.57. The molecule has 134 valence electrons. The molecule has 0 fully saturated rings. The van der Waals surface area contributed by atoms with E-state index in [-0.39, 0.29) is 12.5 Å². The van der Waals surface area contributed by atoms with Crippen LogP contribution in [0.1, 0.15) is 28.9 Å². The number of fused-ring (bicyclic) bond motifs is 1. The van der Waals surface area contributed by atoms with Crippen LogP contribution in [-0.2, 0) is 4.79 Å². The molecule has 6 nitrogen and oxygen atoms in total. The van der Waals surface area contributed by atoms with Crippen molar-refractivity contribution in [3.8, 4) is 0 Å². The Labute approximate surface area is 156 Å². The van der Waals surface area contributed by atoms with E-state index in [1.165, 1.54) is 0 Å². The van der Waals surface area contributed by atoms with E-state index in [0.29, 0.717) is 0 Å². The molecule has 26 heavy (non-hydrogen) atoms. The summed E-state index contributed by atoms with van der Waals surface area (Å²) in [6, 6.07) is 9.58.